The number of imidazole rings is 3. The van der Waals surface area contributed by atoms with Crippen LogP contribution in [0.4, 0.5) is 21.8 Å². The Balaban J connectivity index is 0.000000135. The van der Waals surface area contributed by atoms with Gasteiger partial charge in [0.2, 0.25) is 20.0 Å². The average molecular weight is 1110 g/mol. The number of hydrogen-bond donors (Lipinski definition) is 7. The summed E-state index contributed by atoms with van der Waals surface area (Å²) in [5, 5.41) is 39.1. The van der Waals surface area contributed by atoms with E-state index >= 15 is 0 Å². The van der Waals surface area contributed by atoms with Gasteiger partial charge in [0.05, 0.1) is 45.5 Å². The number of nitrogens with two attached hydrogens (primary N) is 2. The van der Waals surface area contributed by atoms with Crippen molar-refractivity contribution < 1.29 is 31.4 Å². The quantitative estimate of drug-likeness (QED) is 0.0539. The van der Waals surface area contributed by atoms with E-state index in [0.29, 0.717) is 48.4 Å². The zero-order valence-corrected chi connectivity index (χ0v) is 43.7. The molecular weight excluding hydrogens is 1060 g/mol. The third-order valence-electron chi connectivity index (χ3n) is 12.4. The number of rotatable bonds is 14. The van der Waals surface area contributed by atoms with Gasteiger partial charge < -0.3 is 26.2 Å². The first-order valence-electron chi connectivity index (χ1n) is 24.3. The van der Waals surface area contributed by atoms with E-state index < -0.39 is 20.0 Å². The van der Waals surface area contributed by atoms with Crippen molar-refractivity contribution in [3.05, 3.63) is 224 Å². The summed E-state index contributed by atoms with van der Waals surface area (Å²) in [7, 11) is -7.41. The van der Waals surface area contributed by atoms with Crippen molar-refractivity contribution in [2.75, 3.05) is 16.0 Å². The third kappa shape index (κ3) is 12.5. The molecule has 5 aromatic carbocycles. The van der Waals surface area contributed by atoms with E-state index in [1.807, 2.05) is 62.0 Å². The Morgan fingerprint density at radius 3 is 1.23 bits per heavy atom. The van der Waals surface area contributed by atoms with Crippen LogP contribution < -0.4 is 26.2 Å². The molecule has 0 aliphatic rings. The minimum absolute atomic E-state index is 0.0636. The van der Waals surface area contributed by atoms with Crippen LogP contribution in [0.15, 0.2) is 211 Å². The number of aromatic hydroxyl groups is 2. The molecule has 24 heteroatoms. The number of pyridine rings is 1. The number of hydrogen-bond acceptors (Lipinski definition) is 16. The largest absolute Gasteiger partial charge is 0.508 e. The fourth-order valence-electron chi connectivity index (χ4n) is 8.34. The molecule has 0 fully saturated rings. The molecule has 7 aromatic heterocycles. The van der Waals surface area contributed by atoms with Gasteiger partial charge in [-0.05, 0) is 114 Å². The molecule has 0 saturated heterocycles. The fourth-order valence-corrected chi connectivity index (χ4v) is 9.37. The molecule has 21 nitrogen and oxygen atoms in total. The summed E-state index contributed by atoms with van der Waals surface area (Å²) < 4.78 is 64.2. The van der Waals surface area contributed by atoms with Gasteiger partial charge in [0.25, 0.3) is 0 Å². The van der Waals surface area contributed by atoms with Gasteiger partial charge in [-0.3, -0.25) is 18.2 Å². The van der Waals surface area contributed by atoms with Crippen LogP contribution in [0.3, 0.4) is 0 Å². The molecule has 0 bridgehead atoms. The molecule has 0 amide bonds. The second-order valence-corrected chi connectivity index (χ2v) is 20.9. The zero-order chi connectivity index (χ0) is 55.8. The van der Waals surface area contributed by atoms with Crippen LogP contribution in [0.1, 0.15) is 16.7 Å². The highest BCUT2D eigenvalue weighted by Crippen LogP contribution is 2.28. The Bertz CT molecular complexity index is 4140. The summed E-state index contributed by atoms with van der Waals surface area (Å²) in [6.45, 7) is 1.51. The van der Waals surface area contributed by atoms with Gasteiger partial charge in [0.15, 0.2) is 34.4 Å². The molecule has 0 aliphatic carbocycles. The van der Waals surface area contributed by atoms with E-state index in [-0.39, 0.29) is 27.1 Å². The van der Waals surface area contributed by atoms with Crippen molar-refractivity contribution in [3.8, 4) is 45.3 Å². The number of nitrogens with one attached hydrogen (secondary N) is 3. The molecule has 0 radical (unpaired) electrons. The Labute approximate surface area is 456 Å². The van der Waals surface area contributed by atoms with E-state index in [9.17, 15) is 31.4 Å². The lowest BCUT2D eigenvalue weighted by molar-refractivity contribution is 0.475. The number of sulfonamides is 2. The van der Waals surface area contributed by atoms with Crippen molar-refractivity contribution in [1.29, 1.82) is 0 Å². The standard InChI is InChI=1S/C19H16FN5O2S.C19H17N5O3S.C18H15N5O/c20-15-5-3-14(4-6-15)17-12-24-19-18(22-9-10-25(17)19)23-11-13-1-7-16(8-2-13)28(21,26)27;20-28(26,27)16-7-1-13(2-8-16)11-22-18-19-23-12-17(24(19)10-9-21-18)14-3-5-15(25)6-4-14;24-15-3-1-2-14(10-15)16-12-22-18-17(20-8-9-23(16)18)21-11-13-4-6-19-7-5-13/h1-10,12H,11H2,(H,22,23)(H2,21,26,27);1-10,12,25H,11H2,(H,21,22)(H2,20,26,27);1-10,12,24H,11H2,(H,20,21). The third-order valence-corrected chi connectivity index (χ3v) is 14.2. The molecule has 12 rings (SSSR count). The van der Waals surface area contributed by atoms with E-state index in [0.717, 1.165) is 56.1 Å². The van der Waals surface area contributed by atoms with E-state index in [4.69, 9.17) is 10.3 Å². The van der Waals surface area contributed by atoms with Crippen molar-refractivity contribution in [1.82, 2.24) is 48.1 Å². The van der Waals surface area contributed by atoms with Crippen LogP contribution in [0, 0.1) is 5.82 Å². The van der Waals surface area contributed by atoms with Crippen molar-refractivity contribution in [2.45, 2.75) is 29.4 Å². The number of fused-ring (bicyclic) bond motifs is 3. The molecule has 0 saturated carbocycles. The molecule has 0 spiro atoms. The van der Waals surface area contributed by atoms with Gasteiger partial charge in [0.1, 0.15) is 17.3 Å². The molecule has 80 heavy (non-hydrogen) atoms. The molecule has 7 heterocycles. The first kappa shape index (κ1) is 53.3. The lowest BCUT2D eigenvalue weighted by Gasteiger charge is -2.08. The van der Waals surface area contributed by atoms with Gasteiger partial charge in [-0.2, -0.15) is 0 Å². The van der Waals surface area contributed by atoms with Crippen LogP contribution in [0.5, 0.6) is 11.5 Å². The minimum atomic E-state index is -3.71. The monoisotopic (exact) mass is 1110 g/mol. The van der Waals surface area contributed by atoms with Crippen molar-refractivity contribution in [3.63, 3.8) is 0 Å². The molecular formula is C56H48FN15O6S2. The summed E-state index contributed by atoms with van der Waals surface area (Å²) in [6, 6.07) is 36.7. The minimum Gasteiger partial charge on any atom is -0.508 e. The number of anilines is 3. The van der Waals surface area contributed by atoms with Gasteiger partial charge in [-0.1, -0.05) is 36.4 Å². The summed E-state index contributed by atoms with van der Waals surface area (Å²) in [5.41, 5.74) is 10.1. The summed E-state index contributed by atoms with van der Waals surface area (Å²) in [4.78, 5) is 30.6. The lowest BCUT2D eigenvalue weighted by Crippen LogP contribution is -2.12. The van der Waals surface area contributed by atoms with Gasteiger partial charge in [-0.15, -0.1) is 0 Å². The predicted octanol–water partition coefficient (Wildman–Crippen LogP) is 8.27. The maximum absolute atomic E-state index is 13.2. The molecule has 0 atom stereocenters. The summed E-state index contributed by atoms with van der Waals surface area (Å²) in [6.07, 6.45) is 19.3. The van der Waals surface area contributed by atoms with E-state index in [2.05, 4.69) is 50.8 Å². The topological polar surface area (TPSA) is 300 Å². The number of benzene rings is 5. The van der Waals surface area contributed by atoms with Crippen LogP contribution in [-0.4, -0.2) is 75.1 Å². The Morgan fingerprint density at radius 1 is 0.438 bits per heavy atom. The second-order valence-electron chi connectivity index (χ2n) is 17.7. The second kappa shape index (κ2) is 23.2. The highest BCUT2D eigenvalue weighted by molar-refractivity contribution is 7.89. The number of primary sulfonamides is 2. The first-order valence-corrected chi connectivity index (χ1v) is 27.4. The number of aromatic nitrogens is 10. The normalized spacial score (nSPS) is 11.4. The molecule has 9 N–H and O–H groups in total. The van der Waals surface area contributed by atoms with Crippen LogP contribution in [0.2, 0.25) is 0 Å². The average Bonchev–Trinajstić information content (AvgIpc) is 4.43. The highest BCUT2D eigenvalue weighted by Gasteiger charge is 2.15. The van der Waals surface area contributed by atoms with Gasteiger partial charge in [0, 0.05) is 85.9 Å². The zero-order valence-electron chi connectivity index (χ0n) is 42.0. The molecule has 12 aromatic rings. The number of phenols is 2. The summed E-state index contributed by atoms with van der Waals surface area (Å²) in [5.74, 6) is 2.02. The van der Waals surface area contributed by atoms with Gasteiger partial charge in [-0.25, -0.2) is 61.4 Å². The molecule has 402 valence electrons. The Kier molecular flexibility index (Phi) is 15.5. The van der Waals surface area contributed by atoms with Crippen LogP contribution in [0.25, 0.3) is 50.7 Å². The number of nitrogens with zero attached hydrogens (tertiary/aromatic N) is 10. The SMILES string of the molecule is NS(=O)(=O)c1ccc(CNc2nccn3c(-c4ccc(F)cc4)cnc23)cc1.NS(=O)(=O)c1ccc(CNc2nccn3c(-c4ccc(O)cc4)cnc23)cc1.Oc1cccc(-c2cnc3c(NCc4ccncc4)nccn23)c1. The number of halogens is 1. The fraction of sp³-hybridized carbons (Fsp3) is 0.0536. The lowest BCUT2D eigenvalue weighted by atomic mass is 10.1. The van der Waals surface area contributed by atoms with Crippen molar-refractivity contribution >= 4 is 54.4 Å². The smallest absolute Gasteiger partial charge is 0.238 e. The predicted molar refractivity (Wildman–Crippen MR) is 300 cm³/mol. The Morgan fingerprint density at radius 2 is 0.825 bits per heavy atom. The van der Waals surface area contributed by atoms with Crippen molar-refractivity contribution in [2.24, 2.45) is 10.3 Å². The van der Waals surface area contributed by atoms with Crippen LogP contribution in [-0.2, 0) is 39.7 Å². The first-order chi connectivity index (χ1) is 38.6. The van der Waals surface area contributed by atoms with Gasteiger partial charge >= 0.3 is 0 Å². The summed E-state index contributed by atoms with van der Waals surface area (Å²) >= 11 is 0. The Hall–Kier alpha value is -10.1. The highest BCUT2D eigenvalue weighted by atomic mass is 32.2. The molecule has 0 unspecified atom stereocenters. The maximum atomic E-state index is 13.2. The maximum Gasteiger partial charge on any atom is 0.238 e. The van der Waals surface area contributed by atoms with E-state index in [1.54, 1.807) is 116 Å². The molecule has 0 aliphatic heterocycles. The van der Waals surface area contributed by atoms with Crippen LogP contribution >= 0.6 is 0 Å². The van der Waals surface area contributed by atoms with E-state index in [1.165, 1.54) is 36.4 Å². The number of phenolic OH excluding ortho intramolecular Hbond substituents is 2.